The van der Waals surface area contributed by atoms with Crippen LogP contribution in [0.5, 0.6) is 11.5 Å². The first-order chi connectivity index (χ1) is 11.7. The molecule has 0 saturated carbocycles. The van der Waals surface area contributed by atoms with E-state index < -0.39 is 0 Å². The Bertz CT molecular complexity index is 720. The van der Waals surface area contributed by atoms with Gasteiger partial charge in [0.25, 0.3) is 0 Å². The van der Waals surface area contributed by atoms with Gasteiger partial charge in [-0.3, -0.25) is 0 Å². The number of aryl methyl sites for hydroxylation is 1. The molecular formula is C17H23IN4O2S. The van der Waals surface area contributed by atoms with Crippen LogP contribution in [-0.4, -0.2) is 30.7 Å². The quantitative estimate of drug-likeness (QED) is 0.401. The number of hydrogen-bond donors (Lipinski definition) is 2. The second-order valence-corrected chi connectivity index (χ2v) is 6.70. The van der Waals surface area contributed by atoms with E-state index in [1.54, 1.807) is 11.3 Å². The summed E-state index contributed by atoms with van der Waals surface area (Å²) in [4.78, 5) is 10.0. The molecule has 0 radical (unpaired) electrons. The number of guanidine groups is 1. The van der Waals surface area contributed by atoms with E-state index in [9.17, 15) is 0 Å². The molecule has 0 bridgehead atoms. The van der Waals surface area contributed by atoms with Crippen molar-refractivity contribution in [1.82, 2.24) is 10.3 Å². The molecule has 2 heterocycles. The van der Waals surface area contributed by atoms with Gasteiger partial charge in [0.05, 0.1) is 24.8 Å². The smallest absolute Gasteiger partial charge is 0.196 e. The number of nitrogens with zero attached hydrogens (tertiary/aromatic N) is 2. The zero-order chi connectivity index (χ0) is 16.8. The summed E-state index contributed by atoms with van der Waals surface area (Å²) in [6, 6.07) is 5.85. The summed E-state index contributed by atoms with van der Waals surface area (Å²) in [6.07, 6.45) is 2.77. The molecule has 8 heteroatoms. The maximum atomic E-state index is 5.73. The molecule has 136 valence electrons. The molecule has 0 fully saturated rings. The summed E-state index contributed by atoms with van der Waals surface area (Å²) in [5.41, 5.74) is 0.916. The number of hydrogen-bond acceptors (Lipinski definition) is 5. The number of aliphatic imine (C=N–C) groups is 1. The first-order valence-corrected chi connectivity index (χ1v) is 8.92. The van der Waals surface area contributed by atoms with Crippen LogP contribution < -0.4 is 20.1 Å². The van der Waals surface area contributed by atoms with E-state index in [1.807, 2.05) is 38.2 Å². The highest BCUT2D eigenvalue weighted by molar-refractivity contribution is 14.0. The lowest BCUT2D eigenvalue weighted by Gasteiger charge is -2.13. The van der Waals surface area contributed by atoms with Gasteiger partial charge in [0.2, 0.25) is 0 Å². The summed E-state index contributed by atoms with van der Waals surface area (Å²) in [6.45, 7) is 6.80. The Kier molecular flexibility index (Phi) is 7.76. The lowest BCUT2D eigenvalue weighted by molar-refractivity contribution is 0.297. The number of fused-ring (bicyclic) bond motifs is 1. The third-order valence-electron chi connectivity index (χ3n) is 3.42. The number of ether oxygens (including phenoxy) is 2. The SMILES string of the molecule is CCNC(=NCc1cnc(C)s1)Nc1ccc2c(c1)OCCCO2.I. The van der Waals surface area contributed by atoms with E-state index in [0.717, 1.165) is 46.0 Å². The third-order valence-corrected chi connectivity index (χ3v) is 4.31. The van der Waals surface area contributed by atoms with Gasteiger partial charge in [-0.05, 0) is 26.0 Å². The number of rotatable bonds is 4. The topological polar surface area (TPSA) is 67.8 Å². The van der Waals surface area contributed by atoms with Crippen LogP contribution >= 0.6 is 35.3 Å². The van der Waals surface area contributed by atoms with Gasteiger partial charge in [-0.2, -0.15) is 0 Å². The maximum absolute atomic E-state index is 5.73. The summed E-state index contributed by atoms with van der Waals surface area (Å²) < 4.78 is 11.4. The van der Waals surface area contributed by atoms with Gasteiger partial charge < -0.3 is 20.1 Å². The van der Waals surface area contributed by atoms with Crippen LogP contribution in [0.4, 0.5) is 5.69 Å². The van der Waals surface area contributed by atoms with Crippen molar-refractivity contribution in [2.24, 2.45) is 4.99 Å². The first-order valence-electron chi connectivity index (χ1n) is 8.11. The maximum Gasteiger partial charge on any atom is 0.196 e. The van der Waals surface area contributed by atoms with E-state index in [4.69, 9.17) is 9.47 Å². The Labute approximate surface area is 169 Å². The molecule has 0 unspecified atom stereocenters. The molecule has 25 heavy (non-hydrogen) atoms. The van der Waals surface area contributed by atoms with E-state index in [-0.39, 0.29) is 24.0 Å². The van der Waals surface area contributed by atoms with Crippen molar-refractivity contribution in [2.75, 3.05) is 25.1 Å². The number of thiazole rings is 1. The predicted octanol–water partition coefficient (Wildman–Crippen LogP) is 3.81. The van der Waals surface area contributed by atoms with E-state index in [1.165, 1.54) is 0 Å². The largest absolute Gasteiger partial charge is 0.490 e. The van der Waals surface area contributed by atoms with Crippen LogP contribution in [0.25, 0.3) is 0 Å². The van der Waals surface area contributed by atoms with Crippen molar-refractivity contribution in [2.45, 2.75) is 26.8 Å². The average molecular weight is 474 g/mol. The van der Waals surface area contributed by atoms with Gasteiger partial charge in [-0.1, -0.05) is 0 Å². The average Bonchev–Trinajstić information content (AvgIpc) is 2.85. The fraction of sp³-hybridized carbons (Fsp3) is 0.412. The van der Waals surface area contributed by atoms with Gasteiger partial charge in [0.15, 0.2) is 17.5 Å². The number of benzene rings is 1. The lowest BCUT2D eigenvalue weighted by atomic mass is 10.3. The van der Waals surface area contributed by atoms with Crippen molar-refractivity contribution in [1.29, 1.82) is 0 Å². The number of halogens is 1. The summed E-state index contributed by atoms with van der Waals surface area (Å²) in [5, 5.41) is 7.62. The molecule has 3 rings (SSSR count). The molecule has 1 aliphatic heterocycles. The van der Waals surface area contributed by atoms with E-state index >= 15 is 0 Å². The van der Waals surface area contributed by atoms with Gasteiger partial charge in [0, 0.05) is 35.8 Å². The van der Waals surface area contributed by atoms with Crippen molar-refractivity contribution >= 4 is 47.0 Å². The Balaban J connectivity index is 0.00000225. The normalized spacial score (nSPS) is 13.6. The second kappa shape index (κ2) is 9.81. The van der Waals surface area contributed by atoms with E-state index in [2.05, 4.69) is 20.6 Å². The molecule has 0 atom stereocenters. The Morgan fingerprint density at radius 2 is 2.08 bits per heavy atom. The monoisotopic (exact) mass is 474 g/mol. The molecule has 0 saturated heterocycles. The summed E-state index contributed by atoms with van der Waals surface area (Å²) >= 11 is 1.66. The molecule has 1 aromatic heterocycles. The van der Waals surface area contributed by atoms with E-state index in [0.29, 0.717) is 19.8 Å². The molecule has 0 amide bonds. The lowest BCUT2D eigenvalue weighted by Crippen LogP contribution is -2.30. The highest BCUT2D eigenvalue weighted by Crippen LogP contribution is 2.32. The Hall–Kier alpha value is -1.55. The van der Waals surface area contributed by atoms with Crippen LogP contribution in [-0.2, 0) is 6.54 Å². The minimum atomic E-state index is 0. The minimum Gasteiger partial charge on any atom is -0.490 e. The Morgan fingerprint density at radius 1 is 1.28 bits per heavy atom. The highest BCUT2D eigenvalue weighted by atomic mass is 127. The molecular weight excluding hydrogens is 451 g/mol. The van der Waals surface area contributed by atoms with Crippen molar-refractivity contribution in [3.8, 4) is 11.5 Å². The number of nitrogens with one attached hydrogen (secondary N) is 2. The molecule has 0 spiro atoms. The minimum absolute atomic E-state index is 0. The molecule has 1 aromatic carbocycles. The number of aromatic nitrogens is 1. The fourth-order valence-corrected chi connectivity index (χ4v) is 3.04. The molecule has 2 aromatic rings. The third kappa shape index (κ3) is 5.74. The fourth-order valence-electron chi connectivity index (χ4n) is 2.32. The van der Waals surface area contributed by atoms with Crippen molar-refractivity contribution in [3.63, 3.8) is 0 Å². The molecule has 6 nitrogen and oxygen atoms in total. The van der Waals surface area contributed by atoms with Gasteiger partial charge >= 0.3 is 0 Å². The van der Waals surface area contributed by atoms with Crippen LogP contribution in [0.15, 0.2) is 29.4 Å². The van der Waals surface area contributed by atoms with Crippen LogP contribution in [0.2, 0.25) is 0 Å². The molecule has 1 aliphatic rings. The highest BCUT2D eigenvalue weighted by Gasteiger charge is 2.11. The summed E-state index contributed by atoms with van der Waals surface area (Å²) in [7, 11) is 0. The van der Waals surface area contributed by atoms with Crippen molar-refractivity contribution in [3.05, 3.63) is 34.3 Å². The van der Waals surface area contributed by atoms with Gasteiger partial charge in [-0.15, -0.1) is 35.3 Å². The Morgan fingerprint density at radius 3 is 2.80 bits per heavy atom. The standard InChI is InChI=1S/C17H22N4O2S.HI/c1-3-18-17(20-11-14-10-19-12(2)24-14)21-13-5-6-15-16(9-13)23-8-4-7-22-15;/h5-6,9-10H,3-4,7-8,11H2,1-2H3,(H2,18,20,21);1H. The predicted molar refractivity (Wildman–Crippen MR) is 113 cm³/mol. The first kappa shape index (κ1) is 19.8. The summed E-state index contributed by atoms with van der Waals surface area (Å²) in [5.74, 6) is 2.30. The van der Waals surface area contributed by atoms with Crippen LogP contribution in [0.1, 0.15) is 23.2 Å². The number of anilines is 1. The molecule has 2 N–H and O–H groups in total. The van der Waals surface area contributed by atoms with Gasteiger partial charge in [0.1, 0.15) is 0 Å². The zero-order valence-corrected chi connectivity index (χ0v) is 17.5. The molecule has 0 aliphatic carbocycles. The van der Waals surface area contributed by atoms with Crippen LogP contribution in [0, 0.1) is 6.92 Å². The van der Waals surface area contributed by atoms with Gasteiger partial charge in [-0.25, -0.2) is 9.98 Å². The van der Waals surface area contributed by atoms with Crippen molar-refractivity contribution < 1.29 is 9.47 Å². The zero-order valence-electron chi connectivity index (χ0n) is 14.4. The van der Waals surface area contributed by atoms with Crippen LogP contribution in [0.3, 0.4) is 0 Å². The second-order valence-electron chi connectivity index (χ2n) is 5.38.